The molecule has 0 saturated carbocycles. The fourth-order valence-electron chi connectivity index (χ4n) is 1.09. The van der Waals surface area contributed by atoms with Crippen LogP contribution in [-0.4, -0.2) is 13.1 Å². The van der Waals surface area contributed by atoms with Crippen molar-refractivity contribution in [3.63, 3.8) is 0 Å². The fraction of sp³-hybridized carbons (Fsp3) is 0.300. The van der Waals surface area contributed by atoms with Gasteiger partial charge in [-0.15, -0.1) is 12.4 Å². The molecule has 0 aliphatic rings. The van der Waals surface area contributed by atoms with E-state index in [1.165, 1.54) is 7.11 Å². The third-order valence-corrected chi connectivity index (χ3v) is 2.16. The molecule has 1 aromatic rings. The lowest BCUT2D eigenvalue weighted by molar-refractivity contribution is -0.141. The summed E-state index contributed by atoms with van der Waals surface area (Å²) in [5, 5.41) is 0.652. The van der Waals surface area contributed by atoms with Crippen LogP contribution in [0.5, 0.6) is 0 Å². The van der Waals surface area contributed by atoms with Crippen LogP contribution in [0.2, 0.25) is 5.02 Å². The second kappa shape index (κ2) is 6.67. The van der Waals surface area contributed by atoms with Gasteiger partial charge in [0.05, 0.1) is 13.5 Å². The number of rotatable bonds is 3. The van der Waals surface area contributed by atoms with E-state index < -0.39 is 0 Å². The van der Waals surface area contributed by atoms with Gasteiger partial charge < -0.3 is 10.5 Å². The highest BCUT2D eigenvalue weighted by atomic mass is 35.5. The first-order valence-electron chi connectivity index (χ1n) is 4.21. The predicted molar refractivity (Wildman–Crippen MR) is 62.3 cm³/mol. The normalized spacial score (nSPS) is 11.4. The quantitative estimate of drug-likeness (QED) is 0.837. The van der Waals surface area contributed by atoms with Crippen molar-refractivity contribution < 1.29 is 9.53 Å². The fourth-order valence-corrected chi connectivity index (χ4v) is 1.22. The lowest BCUT2D eigenvalue weighted by Gasteiger charge is -2.10. The monoisotopic (exact) mass is 249 g/mol. The summed E-state index contributed by atoms with van der Waals surface area (Å²) < 4.78 is 4.52. The number of carbonyl (C=O) groups is 1. The van der Waals surface area contributed by atoms with E-state index in [4.69, 9.17) is 17.3 Å². The highest BCUT2D eigenvalue weighted by Gasteiger charge is 2.11. The molecule has 0 fully saturated rings. The number of benzene rings is 1. The van der Waals surface area contributed by atoms with Gasteiger partial charge in [-0.2, -0.15) is 0 Å². The standard InChI is InChI=1S/C10H12ClNO2.ClH/c1-14-10(13)6-9(12)7-2-4-8(11)5-3-7;/h2-5,9H,6,12H2,1H3;1H/t9-;/m0./s1. The zero-order chi connectivity index (χ0) is 10.6. The zero-order valence-electron chi connectivity index (χ0n) is 8.27. The summed E-state index contributed by atoms with van der Waals surface area (Å²) >= 11 is 5.72. The molecule has 0 spiro atoms. The molecule has 0 unspecified atom stereocenters. The van der Waals surface area contributed by atoms with E-state index >= 15 is 0 Å². The van der Waals surface area contributed by atoms with Gasteiger partial charge in [-0.1, -0.05) is 23.7 Å². The molecule has 15 heavy (non-hydrogen) atoms. The van der Waals surface area contributed by atoms with E-state index in [9.17, 15) is 4.79 Å². The zero-order valence-corrected chi connectivity index (χ0v) is 9.85. The highest BCUT2D eigenvalue weighted by molar-refractivity contribution is 6.30. The van der Waals surface area contributed by atoms with Crippen molar-refractivity contribution in [2.75, 3.05) is 7.11 Å². The van der Waals surface area contributed by atoms with Crippen molar-refractivity contribution in [3.8, 4) is 0 Å². The molecule has 2 N–H and O–H groups in total. The molecule has 0 heterocycles. The Hall–Kier alpha value is -0.770. The van der Waals surface area contributed by atoms with Crippen LogP contribution in [0.15, 0.2) is 24.3 Å². The van der Waals surface area contributed by atoms with E-state index in [0.717, 1.165) is 5.56 Å². The molecule has 1 atom stereocenters. The van der Waals surface area contributed by atoms with Crippen molar-refractivity contribution in [1.29, 1.82) is 0 Å². The van der Waals surface area contributed by atoms with Gasteiger partial charge in [0.1, 0.15) is 0 Å². The molecule has 0 aliphatic carbocycles. The Morgan fingerprint density at radius 3 is 2.47 bits per heavy atom. The Morgan fingerprint density at radius 1 is 1.47 bits per heavy atom. The van der Waals surface area contributed by atoms with Crippen LogP contribution in [0.4, 0.5) is 0 Å². The Bertz CT molecular complexity index is 314. The Kier molecular flexibility index (Phi) is 6.32. The summed E-state index contributed by atoms with van der Waals surface area (Å²) in [5.74, 6) is -0.313. The molecule has 0 radical (unpaired) electrons. The predicted octanol–water partition coefficient (Wildman–Crippen LogP) is 2.32. The molecule has 84 valence electrons. The maximum atomic E-state index is 10.9. The summed E-state index contributed by atoms with van der Waals surface area (Å²) in [4.78, 5) is 10.9. The van der Waals surface area contributed by atoms with E-state index in [-0.39, 0.29) is 30.8 Å². The number of esters is 1. The van der Waals surface area contributed by atoms with Crippen LogP contribution in [0.25, 0.3) is 0 Å². The smallest absolute Gasteiger partial charge is 0.307 e. The second-order valence-corrected chi connectivity index (χ2v) is 3.37. The number of carbonyl (C=O) groups excluding carboxylic acids is 1. The van der Waals surface area contributed by atoms with Gasteiger partial charge in [0, 0.05) is 11.1 Å². The number of hydrogen-bond donors (Lipinski definition) is 1. The van der Waals surface area contributed by atoms with Crippen LogP contribution in [0.3, 0.4) is 0 Å². The van der Waals surface area contributed by atoms with Gasteiger partial charge in [0.25, 0.3) is 0 Å². The number of nitrogens with two attached hydrogens (primary N) is 1. The Morgan fingerprint density at radius 2 is 2.00 bits per heavy atom. The van der Waals surface area contributed by atoms with Gasteiger partial charge in [0.2, 0.25) is 0 Å². The molecule has 0 amide bonds. The summed E-state index contributed by atoms with van der Waals surface area (Å²) in [6.45, 7) is 0. The molecule has 0 aliphatic heterocycles. The van der Waals surface area contributed by atoms with Gasteiger partial charge in [-0.05, 0) is 17.7 Å². The van der Waals surface area contributed by atoms with Crippen molar-refractivity contribution in [2.45, 2.75) is 12.5 Å². The SMILES string of the molecule is COC(=O)C[C@H](N)c1ccc(Cl)cc1.Cl. The maximum Gasteiger partial charge on any atom is 0.307 e. The van der Waals surface area contributed by atoms with Crippen molar-refractivity contribution in [1.82, 2.24) is 0 Å². The maximum absolute atomic E-state index is 10.9. The van der Waals surface area contributed by atoms with E-state index in [1.54, 1.807) is 24.3 Å². The van der Waals surface area contributed by atoms with Crippen LogP contribution < -0.4 is 5.73 Å². The van der Waals surface area contributed by atoms with Crippen LogP contribution in [0.1, 0.15) is 18.0 Å². The van der Waals surface area contributed by atoms with Gasteiger partial charge in [-0.3, -0.25) is 4.79 Å². The minimum atomic E-state index is -0.334. The molecule has 0 bridgehead atoms. The lowest BCUT2D eigenvalue weighted by Crippen LogP contribution is -2.16. The van der Waals surface area contributed by atoms with Crippen molar-refractivity contribution >= 4 is 30.0 Å². The third-order valence-electron chi connectivity index (χ3n) is 1.91. The molecule has 3 nitrogen and oxygen atoms in total. The van der Waals surface area contributed by atoms with Crippen molar-refractivity contribution in [2.24, 2.45) is 5.73 Å². The first kappa shape index (κ1) is 14.2. The number of hydrogen-bond acceptors (Lipinski definition) is 3. The molecule has 1 rings (SSSR count). The first-order valence-corrected chi connectivity index (χ1v) is 4.59. The van der Waals surface area contributed by atoms with E-state index in [1.807, 2.05) is 0 Å². The number of halogens is 2. The highest BCUT2D eigenvalue weighted by Crippen LogP contribution is 2.17. The summed E-state index contributed by atoms with van der Waals surface area (Å²) in [5.41, 5.74) is 6.65. The summed E-state index contributed by atoms with van der Waals surface area (Å²) in [7, 11) is 1.34. The van der Waals surface area contributed by atoms with E-state index in [2.05, 4.69) is 4.74 Å². The molecule has 0 saturated heterocycles. The van der Waals surface area contributed by atoms with Crippen LogP contribution in [-0.2, 0) is 9.53 Å². The summed E-state index contributed by atoms with van der Waals surface area (Å²) in [6.07, 6.45) is 0.179. The molecular weight excluding hydrogens is 237 g/mol. The van der Waals surface area contributed by atoms with Gasteiger partial charge in [0.15, 0.2) is 0 Å². The number of methoxy groups -OCH3 is 1. The molecule has 1 aromatic carbocycles. The number of ether oxygens (including phenoxy) is 1. The van der Waals surface area contributed by atoms with Gasteiger partial charge >= 0.3 is 5.97 Å². The lowest BCUT2D eigenvalue weighted by atomic mass is 10.1. The molecular formula is C10H13Cl2NO2. The average Bonchev–Trinajstić information content (AvgIpc) is 2.18. The minimum absolute atomic E-state index is 0. The Balaban J connectivity index is 0.00000196. The first-order chi connectivity index (χ1) is 6.63. The van der Waals surface area contributed by atoms with Gasteiger partial charge in [-0.25, -0.2) is 0 Å². The van der Waals surface area contributed by atoms with E-state index in [0.29, 0.717) is 5.02 Å². The largest absolute Gasteiger partial charge is 0.469 e. The Labute approximate surface area is 100.0 Å². The molecule has 5 heteroatoms. The third kappa shape index (κ3) is 4.51. The minimum Gasteiger partial charge on any atom is -0.469 e. The average molecular weight is 250 g/mol. The van der Waals surface area contributed by atoms with Crippen LogP contribution >= 0.6 is 24.0 Å². The van der Waals surface area contributed by atoms with Crippen molar-refractivity contribution in [3.05, 3.63) is 34.9 Å². The summed E-state index contributed by atoms with van der Waals surface area (Å²) in [6, 6.07) is 6.76. The molecule has 0 aromatic heterocycles. The topological polar surface area (TPSA) is 52.3 Å². The van der Waals surface area contributed by atoms with Crippen LogP contribution in [0, 0.1) is 0 Å². The second-order valence-electron chi connectivity index (χ2n) is 2.94.